The van der Waals surface area contributed by atoms with Crippen molar-refractivity contribution in [1.82, 2.24) is 10.2 Å². The van der Waals surface area contributed by atoms with E-state index >= 15 is 0 Å². The van der Waals surface area contributed by atoms with Crippen LogP contribution < -0.4 is 5.32 Å². The van der Waals surface area contributed by atoms with Crippen molar-refractivity contribution in [3.63, 3.8) is 0 Å². The summed E-state index contributed by atoms with van der Waals surface area (Å²) in [5.41, 5.74) is 0. The molecule has 4 nitrogen and oxygen atoms in total. The number of methoxy groups -OCH3 is 1. The Labute approximate surface area is 118 Å². The Hall–Kier alpha value is -0.910. The highest BCUT2D eigenvalue weighted by atomic mass is 32.1. The molecule has 1 aliphatic rings. The topological polar surface area (TPSA) is 41.6 Å². The Morgan fingerprint density at radius 2 is 2.32 bits per heavy atom. The van der Waals surface area contributed by atoms with Gasteiger partial charge in [-0.3, -0.25) is 4.79 Å². The molecule has 0 aliphatic carbocycles. The van der Waals surface area contributed by atoms with Gasteiger partial charge in [-0.15, -0.1) is 11.3 Å². The molecule has 1 saturated heterocycles. The summed E-state index contributed by atoms with van der Waals surface area (Å²) in [6.45, 7) is 3.89. The van der Waals surface area contributed by atoms with Crippen LogP contribution in [0.5, 0.6) is 0 Å². The first kappa shape index (κ1) is 14.5. The molecule has 1 N–H and O–H groups in total. The van der Waals surface area contributed by atoms with Gasteiger partial charge in [0.1, 0.15) is 0 Å². The summed E-state index contributed by atoms with van der Waals surface area (Å²) in [4.78, 5) is 15.8. The zero-order valence-electron chi connectivity index (χ0n) is 11.4. The second-order valence-corrected chi connectivity index (χ2v) is 5.89. The molecule has 19 heavy (non-hydrogen) atoms. The van der Waals surface area contributed by atoms with Gasteiger partial charge in [0.25, 0.3) is 0 Å². The highest BCUT2D eigenvalue weighted by molar-refractivity contribution is 7.09. The van der Waals surface area contributed by atoms with Gasteiger partial charge < -0.3 is 15.0 Å². The third-order valence-electron chi connectivity index (χ3n) is 3.49. The molecule has 0 saturated carbocycles. The number of hydrogen-bond donors (Lipinski definition) is 1. The monoisotopic (exact) mass is 282 g/mol. The second-order valence-electron chi connectivity index (χ2n) is 4.86. The number of rotatable bonds is 6. The largest absolute Gasteiger partial charge is 0.383 e. The van der Waals surface area contributed by atoms with Crippen molar-refractivity contribution >= 4 is 17.2 Å². The van der Waals surface area contributed by atoms with Crippen molar-refractivity contribution in [3.8, 4) is 0 Å². The zero-order chi connectivity index (χ0) is 13.5. The molecule has 0 atom stereocenters. The fourth-order valence-electron chi connectivity index (χ4n) is 2.39. The van der Waals surface area contributed by atoms with E-state index in [-0.39, 0.29) is 11.8 Å². The number of carbonyl (C=O) groups is 1. The van der Waals surface area contributed by atoms with Gasteiger partial charge in [0, 0.05) is 24.4 Å². The van der Waals surface area contributed by atoms with Crippen LogP contribution in [0.4, 0.5) is 0 Å². The molecule has 0 unspecified atom stereocenters. The van der Waals surface area contributed by atoms with Crippen molar-refractivity contribution in [2.24, 2.45) is 5.92 Å². The molecule has 1 aromatic rings. The fraction of sp³-hybridized carbons (Fsp3) is 0.643. The molecule has 1 aromatic heterocycles. The number of nitrogens with zero attached hydrogens (tertiary/aromatic N) is 1. The summed E-state index contributed by atoms with van der Waals surface area (Å²) in [6, 6.07) is 4.11. The summed E-state index contributed by atoms with van der Waals surface area (Å²) in [7, 11) is 1.68. The Morgan fingerprint density at radius 1 is 1.53 bits per heavy atom. The third-order valence-corrected chi connectivity index (χ3v) is 4.35. The van der Waals surface area contributed by atoms with Gasteiger partial charge in [0.15, 0.2) is 0 Å². The first-order valence-corrected chi connectivity index (χ1v) is 7.70. The van der Waals surface area contributed by atoms with E-state index in [1.165, 1.54) is 4.88 Å². The minimum Gasteiger partial charge on any atom is -0.383 e. The number of thiophene rings is 1. The van der Waals surface area contributed by atoms with E-state index in [4.69, 9.17) is 4.74 Å². The van der Waals surface area contributed by atoms with Crippen LogP contribution >= 0.6 is 11.3 Å². The molecule has 0 radical (unpaired) electrons. The molecule has 2 heterocycles. The highest BCUT2D eigenvalue weighted by Gasteiger charge is 2.25. The zero-order valence-corrected chi connectivity index (χ0v) is 12.2. The lowest BCUT2D eigenvalue weighted by Gasteiger charge is -2.29. The predicted octanol–water partition coefficient (Wildman–Crippen LogP) is 1.72. The summed E-state index contributed by atoms with van der Waals surface area (Å²) in [5.74, 6) is 0.463. The van der Waals surface area contributed by atoms with Crippen molar-refractivity contribution in [1.29, 1.82) is 0 Å². The molecule has 106 valence electrons. The molecule has 2 rings (SSSR count). The smallest absolute Gasteiger partial charge is 0.226 e. The van der Waals surface area contributed by atoms with Gasteiger partial charge >= 0.3 is 0 Å². The minimum absolute atomic E-state index is 0.179. The number of carbonyl (C=O) groups excluding carboxylic acids is 1. The molecule has 5 heteroatoms. The van der Waals surface area contributed by atoms with E-state index in [2.05, 4.69) is 16.8 Å². The molecular weight excluding hydrogens is 260 g/mol. The molecule has 0 spiro atoms. The fourth-order valence-corrected chi connectivity index (χ4v) is 3.11. The van der Waals surface area contributed by atoms with Crippen LogP contribution in [0, 0.1) is 5.92 Å². The number of hydrogen-bond acceptors (Lipinski definition) is 4. The maximum absolute atomic E-state index is 12.6. The average molecular weight is 282 g/mol. The van der Waals surface area contributed by atoms with Crippen LogP contribution in [0.3, 0.4) is 0 Å². The number of piperidine rings is 1. The SMILES string of the molecule is COCCN(Cc1cccs1)C(=O)C1CCNCC1. The van der Waals surface area contributed by atoms with Gasteiger partial charge in [-0.25, -0.2) is 0 Å². The van der Waals surface area contributed by atoms with E-state index in [1.54, 1.807) is 18.4 Å². The van der Waals surface area contributed by atoms with Crippen LogP contribution in [-0.2, 0) is 16.1 Å². The normalized spacial score (nSPS) is 16.5. The maximum atomic E-state index is 12.6. The van der Waals surface area contributed by atoms with Crippen LogP contribution in [0.15, 0.2) is 17.5 Å². The van der Waals surface area contributed by atoms with Crippen LogP contribution in [0.1, 0.15) is 17.7 Å². The first-order valence-electron chi connectivity index (χ1n) is 6.82. The van der Waals surface area contributed by atoms with Crippen LogP contribution in [0.25, 0.3) is 0 Å². The first-order chi connectivity index (χ1) is 9.31. The molecule has 0 aromatic carbocycles. The molecular formula is C14H22N2O2S. The Morgan fingerprint density at radius 3 is 2.95 bits per heavy atom. The molecule has 1 amide bonds. The summed E-state index contributed by atoms with van der Waals surface area (Å²) in [5, 5.41) is 5.36. The van der Waals surface area contributed by atoms with Gasteiger partial charge in [-0.1, -0.05) is 6.07 Å². The molecule has 0 bridgehead atoms. The van der Waals surface area contributed by atoms with Crippen molar-refractivity contribution < 1.29 is 9.53 Å². The quantitative estimate of drug-likeness (QED) is 0.864. The van der Waals surface area contributed by atoms with Gasteiger partial charge in [-0.05, 0) is 37.4 Å². The van der Waals surface area contributed by atoms with E-state index in [0.29, 0.717) is 19.7 Å². The van der Waals surface area contributed by atoms with E-state index in [0.717, 1.165) is 25.9 Å². The van der Waals surface area contributed by atoms with Crippen molar-refractivity contribution in [3.05, 3.63) is 22.4 Å². The van der Waals surface area contributed by atoms with E-state index in [1.807, 2.05) is 11.0 Å². The lowest BCUT2D eigenvalue weighted by Crippen LogP contribution is -2.41. The minimum atomic E-state index is 0.179. The summed E-state index contributed by atoms with van der Waals surface area (Å²) < 4.78 is 5.13. The number of amides is 1. The summed E-state index contributed by atoms with van der Waals surface area (Å²) >= 11 is 1.70. The lowest BCUT2D eigenvalue weighted by molar-refractivity contribution is -0.137. The summed E-state index contributed by atoms with van der Waals surface area (Å²) in [6.07, 6.45) is 1.90. The van der Waals surface area contributed by atoms with Gasteiger partial charge in [-0.2, -0.15) is 0 Å². The molecule has 1 aliphatic heterocycles. The Kier molecular flexibility index (Phi) is 5.82. The third kappa shape index (κ3) is 4.30. The van der Waals surface area contributed by atoms with Crippen LogP contribution in [-0.4, -0.2) is 44.2 Å². The maximum Gasteiger partial charge on any atom is 0.226 e. The van der Waals surface area contributed by atoms with E-state index < -0.39 is 0 Å². The molecule has 1 fully saturated rings. The Balaban J connectivity index is 1.96. The highest BCUT2D eigenvalue weighted by Crippen LogP contribution is 2.18. The average Bonchev–Trinajstić information content (AvgIpc) is 2.96. The van der Waals surface area contributed by atoms with Gasteiger partial charge in [0.2, 0.25) is 5.91 Å². The predicted molar refractivity (Wildman–Crippen MR) is 77.2 cm³/mol. The standard InChI is InChI=1S/C14H22N2O2S/c1-18-9-8-16(11-13-3-2-10-19-13)14(17)12-4-6-15-7-5-12/h2-3,10,12,15H,4-9,11H2,1H3. The number of nitrogens with one attached hydrogen (secondary N) is 1. The van der Waals surface area contributed by atoms with Gasteiger partial charge in [0.05, 0.1) is 13.2 Å². The second kappa shape index (κ2) is 7.62. The number of ether oxygens (including phenoxy) is 1. The van der Waals surface area contributed by atoms with Crippen molar-refractivity contribution in [2.75, 3.05) is 33.4 Å². The van der Waals surface area contributed by atoms with E-state index in [9.17, 15) is 4.79 Å². The van der Waals surface area contributed by atoms with Crippen molar-refractivity contribution in [2.45, 2.75) is 19.4 Å². The van der Waals surface area contributed by atoms with Crippen LogP contribution in [0.2, 0.25) is 0 Å². The lowest BCUT2D eigenvalue weighted by atomic mass is 9.96. The Bertz CT molecular complexity index is 375.